The van der Waals surface area contributed by atoms with Crippen LogP contribution < -0.4 is 10.1 Å². The predicted octanol–water partition coefficient (Wildman–Crippen LogP) is 4.62. The Bertz CT molecular complexity index is 1060. The summed E-state index contributed by atoms with van der Waals surface area (Å²) in [4.78, 5) is 21.9. The fraction of sp³-hybridized carbons (Fsp3) is 0.0500. The van der Waals surface area contributed by atoms with E-state index in [2.05, 4.69) is 15.3 Å². The molecule has 0 aliphatic rings. The summed E-state index contributed by atoms with van der Waals surface area (Å²) in [5.41, 5.74) is 2.55. The van der Waals surface area contributed by atoms with Crippen molar-refractivity contribution in [1.82, 2.24) is 9.97 Å². The van der Waals surface area contributed by atoms with Crippen LogP contribution in [0.15, 0.2) is 66.9 Å². The van der Waals surface area contributed by atoms with Gasteiger partial charge in [0.15, 0.2) is 0 Å². The predicted molar refractivity (Wildman–Crippen MR) is 104 cm³/mol. The molecule has 0 aliphatic heterocycles. The van der Waals surface area contributed by atoms with Crippen molar-refractivity contribution in [1.29, 1.82) is 0 Å². The second kappa shape index (κ2) is 6.93. The standard InChI is InChI=1S/C20H15N3O2S/c1-25-16-10-4-2-8-14(16)22-19(24)13-7-6-12-21-18(13)20-23-15-9-3-5-11-17(15)26-20/h2-12H,1H3,(H,22,24). The second-order valence-corrected chi connectivity index (χ2v) is 6.57. The Kier molecular flexibility index (Phi) is 4.33. The number of fused-ring (bicyclic) bond motifs is 1. The fourth-order valence-electron chi connectivity index (χ4n) is 2.67. The van der Waals surface area contributed by atoms with Gasteiger partial charge in [-0.05, 0) is 36.4 Å². The van der Waals surface area contributed by atoms with Crippen molar-refractivity contribution in [3.63, 3.8) is 0 Å². The molecule has 2 heterocycles. The second-order valence-electron chi connectivity index (χ2n) is 5.54. The fourth-order valence-corrected chi connectivity index (χ4v) is 3.65. The van der Waals surface area contributed by atoms with Crippen molar-refractivity contribution in [2.45, 2.75) is 0 Å². The summed E-state index contributed by atoms with van der Waals surface area (Å²) in [7, 11) is 1.57. The number of carbonyl (C=O) groups excluding carboxylic acids is 1. The Balaban J connectivity index is 1.72. The van der Waals surface area contributed by atoms with Gasteiger partial charge in [-0.15, -0.1) is 11.3 Å². The van der Waals surface area contributed by atoms with E-state index in [0.717, 1.165) is 15.2 Å². The first-order chi connectivity index (χ1) is 12.8. The number of nitrogens with zero attached hydrogens (tertiary/aromatic N) is 2. The molecule has 0 aliphatic carbocycles. The van der Waals surface area contributed by atoms with Crippen LogP contribution >= 0.6 is 11.3 Å². The molecule has 4 aromatic rings. The number of aromatic nitrogens is 2. The topological polar surface area (TPSA) is 64.1 Å². The molecular formula is C20H15N3O2S. The molecule has 0 radical (unpaired) electrons. The first kappa shape index (κ1) is 16.2. The molecule has 4 rings (SSSR count). The highest BCUT2D eigenvalue weighted by Crippen LogP contribution is 2.31. The van der Waals surface area contributed by atoms with Crippen LogP contribution in [0.5, 0.6) is 5.75 Å². The minimum Gasteiger partial charge on any atom is -0.495 e. The van der Waals surface area contributed by atoms with Crippen molar-refractivity contribution >= 4 is 33.1 Å². The number of hydrogen-bond donors (Lipinski definition) is 1. The number of hydrogen-bond acceptors (Lipinski definition) is 5. The quantitative estimate of drug-likeness (QED) is 0.576. The highest BCUT2D eigenvalue weighted by molar-refractivity contribution is 7.21. The van der Waals surface area contributed by atoms with Gasteiger partial charge in [-0.2, -0.15) is 0 Å². The Morgan fingerprint density at radius 1 is 1.04 bits per heavy atom. The molecule has 0 atom stereocenters. The van der Waals surface area contributed by atoms with Gasteiger partial charge in [0.2, 0.25) is 0 Å². The molecule has 6 heteroatoms. The van der Waals surface area contributed by atoms with Crippen molar-refractivity contribution in [2.24, 2.45) is 0 Å². The monoisotopic (exact) mass is 361 g/mol. The molecule has 0 fully saturated rings. The Labute approximate surface area is 154 Å². The molecular weight excluding hydrogens is 346 g/mol. The summed E-state index contributed by atoms with van der Waals surface area (Å²) < 4.78 is 6.36. The van der Waals surface area contributed by atoms with Crippen molar-refractivity contribution in [2.75, 3.05) is 12.4 Å². The Morgan fingerprint density at radius 3 is 2.69 bits per heavy atom. The highest BCUT2D eigenvalue weighted by Gasteiger charge is 2.18. The molecule has 0 spiro atoms. The summed E-state index contributed by atoms with van der Waals surface area (Å²) in [5.74, 6) is 0.350. The number of benzene rings is 2. The van der Waals surface area contributed by atoms with E-state index in [0.29, 0.717) is 22.7 Å². The molecule has 2 aromatic heterocycles. The van der Waals surface area contributed by atoms with Crippen LogP contribution in [0.3, 0.4) is 0 Å². The van der Waals surface area contributed by atoms with Crippen LogP contribution in [0.4, 0.5) is 5.69 Å². The van der Waals surface area contributed by atoms with Gasteiger partial charge >= 0.3 is 0 Å². The molecule has 0 unspecified atom stereocenters. The van der Waals surface area contributed by atoms with Crippen molar-refractivity contribution in [3.05, 3.63) is 72.4 Å². The van der Waals surface area contributed by atoms with E-state index in [9.17, 15) is 4.79 Å². The van der Waals surface area contributed by atoms with E-state index in [1.165, 1.54) is 11.3 Å². The Hall–Kier alpha value is -3.25. The molecule has 2 aromatic carbocycles. The van der Waals surface area contributed by atoms with Gasteiger partial charge in [0.1, 0.15) is 16.5 Å². The van der Waals surface area contributed by atoms with E-state index in [1.807, 2.05) is 36.4 Å². The highest BCUT2D eigenvalue weighted by atomic mass is 32.1. The number of thiazole rings is 1. The van der Waals surface area contributed by atoms with Gasteiger partial charge in [0, 0.05) is 6.20 Å². The van der Waals surface area contributed by atoms with Crippen LogP contribution in [-0.2, 0) is 0 Å². The molecule has 128 valence electrons. The normalized spacial score (nSPS) is 10.7. The van der Waals surface area contributed by atoms with E-state index in [4.69, 9.17) is 4.74 Å². The van der Waals surface area contributed by atoms with E-state index in [1.54, 1.807) is 37.6 Å². The molecule has 1 N–H and O–H groups in total. The summed E-state index contributed by atoms with van der Waals surface area (Å²) in [6.07, 6.45) is 1.67. The first-order valence-electron chi connectivity index (χ1n) is 8.01. The maximum atomic E-state index is 12.9. The largest absolute Gasteiger partial charge is 0.495 e. The van der Waals surface area contributed by atoms with Gasteiger partial charge in [-0.1, -0.05) is 24.3 Å². The number of anilines is 1. The lowest BCUT2D eigenvalue weighted by atomic mass is 10.1. The number of para-hydroxylation sites is 3. The van der Waals surface area contributed by atoms with Crippen LogP contribution in [0.1, 0.15) is 10.4 Å². The van der Waals surface area contributed by atoms with Gasteiger partial charge in [0.05, 0.1) is 28.6 Å². The van der Waals surface area contributed by atoms with E-state index < -0.39 is 0 Å². The molecule has 0 saturated carbocycles. The Morgan fingerprint density at radius 2 is 1.85 bits per heavy atom. The number of carbonyl (C=O) groups is 1. The van der Waals surface area contributed by atoms with Gasteiger partial charge in [-0.25, -0.2) is 4.98 Å². The molecule has 0 saturated heterocycles. The number of nitrogens with one attached hydrogen (secondary N) is 1. The van der Waals surface area contributed by atoms with Crippen LogP contribution in [-0.4, -0.2) is 23.0 Å². The van der Waals surface area contributed by atoms with Crippen molar-refractivity contribution in [3.8, 4) is 16.5 Å². The van der Waals surface area contributed by atoms with E-state index >= 15 is 0 Å². The maximum Gasteiger partial charge on any atom is 0.258 e. The third-order valence-electron chi connectivity index (χ3n) is 3.90. The summed E-state index contributed by atoms with van der Waals surface area (Å²) in [5, 5.41) is 3.61. The van der Waals surface area contributed by atoms with Crippen LogP contribution in [0, 0.1) is 0 Å². The van der Waals surface area contributed by atoms with Crippen LogP contribution in [0.2, 0.25) is 0 Å². The summed E-state index contributed by atoms with van der Waals surface area (Å²) >= 11 is 1.52. The maximum absolute atomic E-state index is 12.9. The minimum absolute atomic E-state index is 0.253. The van der Waals surface area contributed by atoms with Gasteiger partial charge < -0.3 is 10.1 Å². The SMILES string of the molecule is COc1ccccc1NC(=O)c1cccnc1-c1nc2ccccc2s1. The molecule has 1 amide bonds. The number of ether oxygens (including phenoxy) is 1. The third kappa shape index (κ3) is 3.02. The molecule has 26 heavy (non-hydrogen) atoms. The smallest absolute Gasteiger partial charge is 0.258 e. The van der Waals surface area contributed by atoms with Gasteiger partial charge in [0.25, 0.3) is 5.91 Å². The van der Waals surface area contributed by atoms with E-state index in [-0.39, 0.29) is 5.91 Å². The zero-order valence-electron chi connectivity index (χ0n) is 14.0. The minimum atomic E-state index is -0.253. The molecule has 5 nitrogen and oxygen atoms in total. The summed E-state index contributed by atoms with van der Waals surface area (Å²) in [6, 6.07) is 18.7. The summed E-state index contributed by atoms with van der Waals surface area (Å²) in [6.45, 7) is 0. The lowest BCUT2D eigenvalue weighted by Crippen LogP contribution is -2.14. The zero-order valence-corrected chi connectivity index (χ0v) is 14.8. The number of pyridine rings is 1. The van der Waals surface area contributed by atoms with Crippen LogP contribution in [0.25, 0.3) is 20.9 Å². The zero-order chi connectivity index (χ0) is 17.9. The lowest BCUT2D eigenvalue weighted by Gasteiger charge is -2.11. The lowest BCUT2D eigenvalue weighted by molar-refractivity contribution is 0.102. The number of rotatable bonds is 4. The number of amides is 1. The van der Waals surface area contributed by atoms with Crippen molar-refractivity contribution < 1.29 is 9.53 Å². The third-order valence-corrected chi connectivity index (χ3v) is 4.95. The average Bonchev–Trinajstić information content (AvgIpc) is 3.12. The molecule has 0 bridgehead atoms. The van der Waals surface area contributed by atoms with Gasteiger partial charge in [-0.3, -0.25) is 9.78 Å². The number of methoxy groups -OCH3 is 1. The average molecular weight is 361 g/mol. The first-order valence-corrected chi connectivity index (χ1v) is 8.83.